The molecule has 1 fully saturated rings. The van der Waals surface area contributed by atoms with Gasteiger partial charge in [-0.05, 0) is 6.42 Å². The van der Waals surface area contributed by atoms with Crippen LogP contribution in [0.3, 0.4) is 0 Å². The van der Waals surface area contributed by atoms with Crippen LogP contribution in [0.5, 0.6) is 0 Å². The quantitative estimate of drug-likeness (QED) is 0.464. The van der Waals surface area contributed by atoms with Crippen molar-refractivity contribution in [3.05, 3.63) is 0 Å². The average Bonchev–Trinajstić information content (AvgIpc) is 2.50. The van der Waals surface area contributed by atoms with Crippen LogP contribution in [0.25, 0.3) is 0 Å². The second-order valence-corrected chi connectivity index (χ2v) is 2.83. The zero-order valence-corrected chi connectivity index (χ0v) is 7.13. The number of rotatable bonds is 2. The van der Waals surface area contributed by atoms with E-state index in [1.807, 2.05) is 0 Å². The fourth-order valence-corrected chi connectivity index (χ4v) is 1.48. The molecule has 1 heterocycles. The van der Waals surface area contributed by atoms with Crippen LogP contribution in [0, 0.1) is 5.92 Å². The first-order chi connectivity index (χ1) is 5.29. The Balaban J connectivity index is 2.49. The van der Waals surface area contributed by atoms with Crippen molar-refractivity contribution in [2.24, 2.45) is 5.92 Å². The van der Waals surface area contributed by atoms with Crippen LogP contribution in [0.1, 0.15) is 6.42 Å². The van der Waals surface area contributed by atoms with Gasteiger partial charge in [-0.1, -0.05) is 0 Å². The topological polar surface area (TPSA) is 35.5 Å². The highest BCUT2D eigenvalue weighted by Gasteiger charge is 2.34. The van der Waals surface area contributed by atoms with Gasteiger partial charge in [0.25, 0.3) is 0 Å². The minimum Gasteiger partial charge on any atom is -0.467 e. The largest absolute Gasteiger partial charge is 0.467 e. The molecule has 3 nitrogen and oxygen atoms in total. The summed E-state index contributed by atoms with van der Waals surface area (Å²) < 4.78 is 9.69. The SMILES string of the molecule is COC(=O)[C@@H]1OCC[C@@H]1CCl. The van der Waals surface area contributed by atoms with E-state index in [4.69, 9.17) is 16.3 Å². The van der Waals surface area contributed by atoms with Gasteiger partial charge in [-0.15, -0.1) is 11.6 Å². The van der Waals surface area contributed by atoms with E-state index in [2.05, 4.69) is 4.74 Å². The zero-order chi connectivity index (χ0) is 8.27. The second-order valence-electron chi connectivity index (χ2n) is 2.52. The summed E-state index contributed by atoms with van der Waals surface area (Å²) in [4.78, 5) is 11.0. The molecule has 0 unspecified atom stereocenters. The summed E-state index contributed by atoms with van der Waals surface area (Å²) >= 11 is 5.62. The standard InChI is InChI=1S/C7H11ClO3/c1-10-7(9)6-5(4-8)2-3-11-6/h5-6H,2-4H2,1H3/t5-,6-/m1/s1. The lowest BCUT2D eigenvalue weighted by Gasteiger charge is -2.12. The van der Waals surface area contributed by atoms with Crippen molar-refractivity contribution in [3.8, 4) is 0 Å². The van der Waals surface area contributed by atoms with Crippen molar-refractivity contribution in [1.29, 1.82) is 0 Å². The van der Waals surface area contributed by atoms with Crippen LogP contribution in [0.2, 0.25) is 0 Å². The average molecular weight is 179 g/mol. The predicted octanol–water partition coefficient (Wildman–Crippen LogP) is 0.803. The first kappa shape index (κ1) is 8.81. The van der Waals surface area contributed by atoms with Gasteiger partial charge in [-0.2, -0.15) is 0 Å². The van der Waals surface area contributed by atoms with Gasteiger partial charge in [0.1, 0.15) is 0 Å². The zero-order valence-electron chi connectivity index (χ0n) is 6.38. The third-order valence-corrected chi connectivity index (χ3v) is 2.24. The summed E-state index contributed by atoms with van der Waals surface area (Å²) in [7, 11) is 1.36. The summed E-state index contributed by atoms with van der Waals surface area (Å²) in [6, 6.07) is 0. The Labute approximate surface area is 70.6 Å². The fraction of sp³-hybridized carbons (Fsp3) is 0.857. The molecule has 1 saturated heterocycles. The van der Waals surface area contributed by atoms with E-state index in [0.29, 0.717) is 12.5 Å². The van der Waals surface area contributed by atoms with Gasteiger partial charge in [-0.25, -0.2) is 4.79 Å². The molecule has 0 aromatic heterocycles. The molecule has 1 aliphatic heterocycles. The minimum absolute atomic E-state index is 0.129. The molecule has 2 atom stereocenters. The van der Waals surface area contributed by atoms with Crippen LogP contribution >= 0.6 is 11.6 Å². The van der Waals surface area contributed by atoms with E-state index in [1.165, 1.54) is 7.11 Å². The van der Waals surface area contributed by atoms with Crippen LogP contribution in [-0.2, 0) is 14.3 Å². The summed E-state index contributed by atoms with van der Waals surface area (Å²) in [6.45, 7) is 0.608. The fourth-order valence-electron chi connectivity index (χ4n) is 1.17. The summed E-state index contributed by atoms with van der Waals surface area (Å²) in [5.41, 5.74) is 0. The van der Waals surface area contributed by atoms with Crippen LogP contribution in [-0.4, -0.2) is 31.7 Å². The lowest BCUT2D eigenvalue weighted by molar-refractivity contribution is -0.152. The highest BCUT2D eigenvalue weighted by Crippen LogP contribution is 2.22. The van der Waals surface area contributed by atoms with Crippen molar-refractivity contribution in [2.75, 3.05) is 19.6 Å². The minimum atomic E-state index is -0.433. The highest BCUT2D eigenvalue weighted by molar-refractivity contribution is 6.18. The second kappa shape index (κ2) is 3.93. The van der Waals surface area contributed by atoms with Crippen molar-refractivity contribution >= 4 is 17.6 Å². The first-order valence-corrected chi connectivity index (χ1v) is 4.08. The van der Waals surface area contributed by atoms with Gasteiger partial charge < -0.3 is 9.47 Å². The smallest absolute Gasteiger partial charge is 0.335 e. The van der Waals surface area contributed by atoms with Crippen molar-refractivity contribution in [3.63, 3.8) is 0 Å². The maximum absolute atomic E-state index is 11.0. The van der Waals surface area contributed by atoms with Gasteiger partial charge in [0.15, 0.2) is 6.10 Å². The third-order valence-electron chi connectivity index (χ3n) is 1.85. The molecule has 0 saturated carbocycles. The Bertz CT molecular complexity index is 149. The first-order valence-electron chi connectivity index (χ1n) is 3.55. The summed E-state index contributed by atoms with van der Waals surface area (Å²) in [5.74, 6) is 0.275. The number of esters is 1. The number of methoxy groups -OCH3 is 1. The Morgan fingerprint density at radius 2 is 2.55 bits per heavy atom. The van der Waals surface area contributed by atoms with Gasteiger partial charge in [0, 0.05) is 18.4 Å². The molecule has 0 aromatic rings. The van der Waals surface area contributed by atoms with Crippen molar-refractivity contribution < 1.29 is 14.3 Å². The lowest BCUT2D eigenvalue weighted by Crippen LogP contribution is -2.28. The number of ether oxygens (including phenoxy) is 2. The van der Waals surface area contributed by atoms with E-state index in [1.54, 1.807) is 0 Å². The van der Waals surface area contributed by atoms with Gasteiger partial charge in [0.2, 0.25) is 0 Å². The molecule has 0 aromatic carbocycles. The number of carbonyl (C=O) groups is 1. The number of halogens is 1. The highest BCUT2D eigenvalue weighted by atomic mass is 35.5. The van der Waals surface area contributed by atoms with E-state index < -0.39 is 6.10 Å². The Hall–Kier alpha value is -0.280. The molecule has 64 valence electrons. The third kappa shape index (κ3) is 1.84. The van der Waals surface area contributed by atoms with E-state index in [9.17, 15) is 4.79 Å². The van der Waals surface area contributed by atoms with E-state index in [0.717, 1.165) is 6.42 Å². The molecule has 1 aliphatic rings. The molecule has 0 amide bonds. The van der Waals surface area contributed by atoms with Crippen LogP contribution in [0.4, 0.5) is 0 Å². The molecular formula is C7H11ClO3. The van der Waals surface area contributed by atoms with Crippen LogP contribution in [0.15, 0.2) is 0 Å². The Kier molecular flexibility index (Phi) is 3.15. The van der Waals surface area contributed by atoms with E-state index >= 15 is 0 Å². The maximum atomic E-state index is 11.0. The monoisotopic (exact) mass is 178 g/mol. The molecule has 11 heavy (non-hydrogen) atoms. The van der Waals surface area contributed by atoms with Gasteiger partial charge >= 0.3 is 5.97 Å². The molecule has 0 aliphatic carbocycles. The molecule has 0 N–H and O–H groups in total. The van der Waals surface area contributed by atoms with Crippen molar-refractivity contribution in [2.45, 2.75) is 12.5 Å². The summed E-state index contributed by atoms with van der Waals surface area (Å²) in [5, 5.41) is 0. The summed E-state index contributed by atoms with van der Waals surface area (Å²) in [6.07, 6.45) is 0.418. The number of hydrogen-bond donors (Lipinski definition) is 0. The molecule has 0 spiro atoms. The number of carbonyl (C=O) groups excluding carboxylic acids is 1. The van der Waals surface area contributed by atoms with Gasteiger partial charge in [0.05, 0.1) is 7.11 Å². The lowest BCUT2D eigenvalue weighted by atomic mass is 10.0. The molecule has 0 bridgehead atoms. The number of hydrogen-bond acceptors (Lipinski definition) is 3. The Morgan fingerprint density at radius 1 is 1.82 bits per heavy atom. The number of alkyl halides is 1. The molecular weight excluding hydrogens is 168 g/mol. The normalized spacial score (nSPS) is 30.4. The van der Waals surface area contributed by atoms with Crippen LogP contribution < -0.4 is 0 Å². The van der Waals surface area contributed by atoms with Gasteiger partial charge in [-0.3, -0.25) is 0 Å². The van der Waals surface area contributed by atoms with E-state index in [-0.39, 0.29) is 11.9 Å². The molecule has 4 heteroatoms. The van der Waals surface area contributed by atoms with Crippen molar-refractivity contribution in [1.82, 2.24) is 0 Å². The molecule has 0 radical (unpaired) electrons. The molecule has 1 rings (SSSR count). The maximum Gasteiger partial charge on any atom is 0.335 e. The predicted molar refractivity (Wildman–Crippen MR) is 40.6 cm³/mol. The Morgan fingerprint density at radius 3 is 3.09 bits per heavy atom.